The fourth-order valence-electron chi connectivity index (χ4n) is 4.26. The number of hydrogen-bond acceptors (Lipinski definition) is 5. The van der Waals surface area contributed by atoms with Crippen molar-refractivity contribution in [3.05, 3.63) is 18.6 Å². The lowest BCUT2D eigenvalue weighted by Crippen LogP contribution is -2.51. The van der Waals surface area contributed by atoms with Crippen molar-refractivity contribution in [3.63, 3.8) is 0 Å². The number of hydrogen-bond donors (Lipinski definition) is 0. The molecule has 3 aliphatic heterocycles. The molecule has 3 fully saturated rings. The van der Waals surface area contributed by atoms with Crippen LogP contribution in [0.1, 0.15) is 25.7 Å². The molecule has 0 bridgehead atoms. The molecule has 0 spiro atoms. The third-order valence-corrected chi connectivity index (χ3v) is 5.59. The predicted octanol–water partition coefficient (Wildman–Crippen LogP) is 1.33. The molecular formula is C17H24N4O2. The Bertz CT molecular complexity index is 547. The Balaban J connectivity index is 1.47. The number of piperidine rings is 1. The first-order chi connectivity index (χ1) is 11.3. The van der Waals surface area contributed by atoms with Crippen molar-refractivity contribution >= 4 is 11.7 Å². The molecule has 3 aliphatic rings. The summed E-state index contributed by atoms with van der Waals surface area (Å²) in [6.07, 6.45) is 9.29. The van der Waals surface area contributed by atoms with E-state index < -0.39 is 0 Å². The second kappa shape index (κ2) is 6.43. The molecule has 3 saturated heterocycles. The van der Waals surface area contributed by atoms with E-state index in [-0.39, 0.29) is 5.92 Å². The fraction of sp³-hybridized carbons (Fsp3) is 0.706. The van der Waals surface area contributed by atoms with E-state index >= 15 is 0 Å². The number of nitrogens with zero attached hydrogens (tertiary/aromatic N) is 4. The van der Waals surface area contributed by atoms with Crippen molar-refractivity contribution in [2.24, 2.45) is 11.8 Å². The van der Waals surface area contributed by atoms with E-state index in [0.29, 0.717) is 17.9 Å². The lowest BCUT2D eigenvalue weighted by atomic mass is 9.91. The third-order valence-electron chi connectivity index (χ3n) is 5.59. The zero-order chi connectivity index (χ0) is 15.6. The van der Waals surface area contributed by atoms with Gasteiger partial charge in [-0.05, 0) is 31.6 Å². The summed E-state index contributed by atoms with van der Waals surface area (Å²) in [4.78, 5) is 26.0. The minimum atomic E-state index is 0.161. The standard InChI is InChI=1S/C17H24N4O2/c22-17(14-3-9-23-10-4-14)21-8-2-13-1-7-20(12-15(13)21)16-11-18-5-6-19-16/h5-6,11,13-15H,1-4,7-10,12H2. The van der Waals surface area contributed by atoms with Gasteiger partial charge in [0, 0.05) is 51.2 Å². The molecule has 124 valence electrons. The zero-order valence-corrected chi connectivity index (χ0v) is 13.4. The Labute approximate surface area is 136 Å². The molecule has 1 aromatic heterocycles. The topological polar surface area (TPSA) is 58.6 Å². The van der Waals surface area contributed by atoms with Crippen LogP contribution in [-0.4, -0.2) is 59.7 Å². The first-order valence-corrected chi connectivity index (χ1v) is 8.72. The van der Waals surface area contributed by atoms with Crippen molar-refractivity contribution in [3.8, 4) is 0 Å². The van der Waals surface area contributed by atoms with E-state index in [9.17, 15) is 4.79 Å². The van der Waals surface area contributed by atoms with Crippen LogP contribution in [-0.2, 0) is 9.53 Å². The van der Waals surface area contributed by atoms with Gasteiger partial charge in [-0.3, -0.25) is 9.78 Å². The van der Waals surface area contributed by atoms with Gasteiger partial charge in [0.15, 0.2) is 0 Å². The lowest BCUT2D eigenvalue weighted by molar-refractivity contribution is -0.139. The van der Waals surface area contributed by atoms with Gasteiger partial charge < -0.3 is 14.5 Å². The molecule has 0 N–H and O–H groups in total. The molecule has 1 amide bonds. The van der Waals surface area contributed by atoms with Crippen molar-refractivity contribution in [2.45, 2.75) is 31.7 Å². The quantitative estimate of drug-likeness (QED) is 0.824. The second-order valence-corrected chi connectivity index (χ2v) is 6.83. The number of amides is 1. The summed E-state index contributed by atoms with van der Waals surface area (Å²) in [6.45, 7) is 4.27. The van der Waals surface area contributed by atoms with Crippen molar-refractivity contribution in [1.29, 1.82) is 0 Å². The molecular weight excluding hydrogens is 292 g/mol. The van der Waals surface area contributed by atoms with Gasteiger partial charge in [-0.15, -0.1) is 0 Å². The Kier molecular flexibility index (Phi) is 4.16. The Morgan fingerprint density at radius 1 is 1.13 bits per heavy atom. The number of aromatic nitrogens is 2. The smallest absolute Gasteiger partial charge is 0.226 e. The van der Waals surface area contributed by atoms with Crippen molar-refractivity contribution < 1.29 is 9.53 Å². The number of carbonyl (C=O) groups is 1. The van der Waals surface area contributed by atoms with E-state index in [1.54, 1.807) is 12.4 Å². The first kappa shape index (κ1) is 14.9. The highest BCUT2D eigenvalue weighted by atomic mass is 16.5. The molecule has 0 aliphatic carbocycles. The van der Waals surface area contributed by atoms with E-state index in [0.717, 1.165) is 64.3 Å². The summed E-state index contributed by atoms with van der Waals surface area (Å²) in [7, 11) is 0. The van der Waals surface area contributed by atoms with E-state index in [1.807, 2.05) is 6.20 Å². The Morgan fingerprint density at radius 2 is 1.96 bits per heavy atom. The maximum atomic E-state index is 12.9. The van der Waals surface area contributed by atoms with Crippen LogP contribution in [0.5, 0.6) is 0 Å². The van der Waals surface area contributed by atoms with Gasteiger partial charge in [-0.25, -0.2) is 4.98 Å². The number of ether oxygens (including phenoxy) is 1. The SMILES string of the molecule is O=C(C1CCOCC1)N1CCC2CCN(c3cnccn3)CC21. The number of fused-ring (bicyclic) bond motifs is 1. The minimum absolute atomic E-state index is 0.161. The van der Waals surface area contributed by atoms with E-state index in [4.69, 9.17) is 4.74 Å². The average molecular weight is 316 g/mol. The predicted molar refractivity (Wildman–Crippen MR) is 86.0 cm³/mol. The molecule has 1 aromatic rings. The molecule has 23 heavy (non-hydrogen) atoms. The number of anilines is 1. The number of carbonyl (C=O) groups excluding carboxylic acids is 1. The highest BCUT2D eigenvalue weighted by molar-refractivity contribution is 5.79. The summed E-state index contributed by atoms with van der Waals surface area (Å²) < 4.78 is 5.40. The molecule has 6 heteroatoms. The zero-order valence-electron chi connectivity index (χ0n) is 13.4. The van der Waals surface area contributed by atoms with Gasteiger partial charge in [0.2, 0.25) is 5.91 Å². The molecule has 0 saturated carbocycles. The van der Waals surface area contributed by atoms with Crippen LogP contribution >= 0.6 is 0 Å². The van der Waals surface area contributed by atoms with Crippen LogP contribution in [0.3, 0.4) is 0 Å². The summed E-state index contributed by atoms with van der Waals surface area (Å²) >= 11 is 0. The first-order valence-electron chi connectivity index (χ1n) is 8.72. The third kappa shape index (κ3) is 2.92. The Hall–Kier alpha value is -1.69. The van der Waals surface area contributed by atoms with Crippen LogP contribution < -0.4 is 4.90 Å². The van der Waals surface area contributed by atoms with Gasteiger partial charge in [-0.2, -0.15) is 0 Å². The molecule has 0 aromatic carbocycles. The van der Waals surface area contributed by atoms with Crippen LogP contribution in [0.25, 0.3) is 0 Å². The second-order valence-electron chi connectivity index (χ2n) is 6.83. The average Bonchev–Trinajstić information content (AvgIpc) is 3.05. The normalized spacial score (nSPS) is 28.7. The monoisotopic (exact) mass is 316 g/mol. The van der Waals surface area contributed by atoms with Crippen molar-refractivity contribution in [1.82, 2.24) is 14.9 Å². The molecule has 2 unspecified atom stereocenters. The summed E-state index contributed by atoms with van der Waals surface area (Å²) in [5, 5.41) is 0. The highest BCUT2D eigenvalue weighted by Gasteiger charge is 2.42. The summed E-state index contributed by atoms with van der Waals surface area (Å²) in [5.41, 5.74) is 0. The maximum absolute atomic E-state index is 12.9. The Morgan fingerprint density at radius 3 is 2.74 bits per heavy atom. The van der Waals surface area contributed by atoms with Gasteiger partial charge in [0.05, 0.1) is 12.2 Å². The van der Waals surface area contributed by atoms with Gasteiger partial charge in [0.25, 0.3) is 0 Å². The number of likely N-dealkylation sites (tertiary alicyclic amines) is 1. The van der Waals surface area contributed by atoms with Crippen LogP contribution in [0.4, 0.5) is 5.82 Å². The minimum Gasteiger partial charge on any atom is -0.381 e. The molecule has 6 nitrogen and oxygen atoms in total. The maximum Gasteiger partial charge on any atom is 0.226 e. The van der Waals surface area contributed by atoms with E-state index in [1.165, 1.54) is 0 Å². The lowest BCUT2D eigenvalue weighted by Gasteiger charge is -2.40. The largest absolute Gasteiger partial charge is 0.381 e. The summed E-state index contributed by atoms with van der Waals surface area (Å²) in [6, 6.07) is 0.334. The van der Waals surface area contributed by atoms with Crippen molar-refractivity contribution in [2.75, 3.05) is 37.7 Å². The van der Waals surface area contributed by atoms with Crippen LogP contribution in [0.2, 0.25) is 0 Å². The summed E-state index contributed by atoms with van der Waals surface area (Å²) in [5.74, 6) is 2.08. The molecule has 2 atom stereocenters. The molecule has 0 radical (unpaired) electrons. The van der Waals surface area contributed by atoms with Gasteiger partial charge in [0.1, 0.15) is 5.82 Å². The van der Waals surface area contributed by atoms with E-state index in [2.05, 4.69) is 19.8 Å². The molecule has 4 heterocycles. The van der Waals surface area contributed by atoms with Gasteiger partial charge >= 0.3 is 0 Å². The number of rotatable bonds is 2. The molecule has 4 rings (SSSR count). The van der Waals surface area contributed by atoms with Crippen LogP contribution in [0.15, 0.2) is 18.6 Å². The fourth-order valence-corrected chi connectivity index (χ4v) is 4.26. The highest BCUT2D eigenvalue weighted by Crippen LogP contribution is 2.34. The van der Waals surface area contributed by atoms with Crippen LogP contribution in [0, 0.1) is 11.8 Å². The van der Waals surface area contributed by atoms with Gasteiger partial charge in [-0.1, -0.05) is 0 Å².